The maximum atomic E-state index is 11.1. The summed E-state index contributed by atoms with van der Waals surface area (Å²) in [7, 11) is 3.27. The van der Waals surface area contributed by atoms with Gasteiger partial charge >= 0.3 is 0 Å². The van der Waals surface area contributed by atoms with E-state index < -0.39 is 4.92 Å². The summed E-state index contributed by atoms with van der Waals surface area (Å²) in [5.41, 5.74) is 6.68. The van der Waals surface area contributed by atoms with E-state index in [-0.39, 0.29) is 18.8 Å². The predicted molar refractivity (Wildman–Crippen MR) is 75.1 cm³/mol. The van der Waals surface area contributed by atoms with Crippen LogP contribution in [0.5, 0.6) is 11.5 Å². The second-order valence-electron chi connectivity index (χ2n) is 4.40. The van der Waals surface area contributed by atoms with E-state index in [2.05, 4.69) is 5.10 Å². The van der Waals surface area contributed by atoms with E-state index in [1.165, 1.54) is 19.2 Å². The monoisotopic (exact) mass is 292 g/mol. The molecule has 0 amide bonds. The number of nitro benzene ring substituents is 1. The van der Waals surface area contributed by atoms with Crippen molar-refractivity contribution in [2.45, 2.75) is 13.2 Å². The number of benzene rings is 1. The van der Waals surface area contributed by atoms with Crippen molar-refractivity contribution in [3.05, 3.63) is 45.8 Å². The number of rotatable bonds is 6. The van der Waals surface area contributed by atoms with Gasteiger partial charge in [-0.2, -0.15) is 5.10 Å². The average Bonchev–Trinajstić information content (AvgIpc) is 2.89. The van der Waals surface area contributed by atoms with E-state index in [1.54, 1.807) is 24.1 Å². The minimum Gasteiger partial charge on any atom is -0.493 e. The van der Waals surface area contributed by atoms with Crippen molar-refractivity contribution in [1.29, 1.82) is 0 Å². The number of hydrogen-bond acceptors (Lipinski definition) is 6. The van der Waals surface area contributed by atoms with Gasteiger partial charge in [-0.3, -0.25) is 14.8 Å². The van der Waals surface area contributed by atoms with Crippen molar-refractivity contribution in [2.24, 2.45) is 12.8 Å². The third-order valence-corrected chi connectivity index (χ3v) is 2.93. The van der Waals surface area contributed by atoms with E-state index in [0.717, 1.165) is 5.56 Å². The Morgan fingerprint density at radius 2 is 2.19 bits per heavy atom. The molecule has 112 valence electrons. The molecule has 0 unspecified atom stereocenters. The summed E-state index contributed by atoms with van der Waals surface area (Å²) in [5.74, 6) is 0.704. The maximum Gasteiger partial charge on any atom is 0.277 e. The second kappa shape index (κ2) is 6.23. The zero-order valence-corrected chi connectivity index (χ0v) is 11.8. The molecule has 2 aromatic rings. The van der Waals surface area contributed by atoms with Gasteiger partial charge in [0.25, 0.3) is 5.69 Å². The fourth-order valence-electron chi connectivity index (χ4n) is 1.90. The molecule has 1 aromatic heterocycles. The van der Waals surface area contributed by atoms with Gasteiger partial charge in [-0.25, -0.2) is 0 Å². The molecule has 0 saturated heterocycles. The van der Waals surface area contributed by atoms with Gasteiger partial charge in [-0.1, -0.05) is 0 Å². The molecule has 0 atom stereocenters. The number of aromatic nitrogens is 2. The van der Waals surface area contributed by atoms with Crippen molar-refractivity contribution in [3.63, 3.8) is 0 Å². The summed E-state index contributed by atoms with van der Waals surface area (Å²) < 4.78 is 12.4. The van der Waals surface area contributed by atoms with Crippen LogP contribution in [-0.4, -0.2) is 21.8 Å². The second-order valence-corrected chi connectivity index (χ2v) is 4.40. The van der Waals surface area contributed by atoms with Crippen LogP contribution in [0.15, 0.2) is 24.5 Å². The minimum absolute atomic E-state index is 0.0511. The molecular formula is C13H16N4O4. The number of methoxy groups -OCH3 is 1. The summed E-state index contributed by atoms with van der Waals surface area (Å²) in [6.07, 6.45) is 3.46. The van der Waals surface area contributed by atoms with Gasteiger partial charge in [0, 0.05) is 30.9 Å². The number of nitrogens with zero attached hydrogens (tertiary/aromatic N) is 3. The lowest BCUT2D eigenvalue weighted by Gasteiger charge is -2.11. The van der Waals surface area contributed by atoms with Crippen LogP contribution in [0.1, 0.15) is 11.1 Å². The van der Waals surface area contributed by atoms with Gasteiger partial charge in [0.15, 0.2) is 11.5 Å². The van der Waals surface area contributed by atoms with Crippen molar-refractivity contribution < 1.29 is 14.4 Å². The Labute approximate surface area is 121 Å². The Bertz CT molecular complexity index is 654. The summed E-state index contributed by atoms with van der Waals surface area (Å²) in [6, 6.07) is 2.86. The van der Waals surface area contributed by atoms with Gasteiger partial charge in [0.2, 0.25) is 0 Å². The normalized spacial score (nSPS) is 10.4. The average molecular weight is 292 g/mol. The van der Waals surface area contributed by atoms with Crippen LogP contribution in [0.4, 0.5) is 5.69 Å². The first-order chi connectivity index (χ1) is 10.0. The topological polar surface area (TPSA) is 105 Å². The third kappa shape index (κ3) is 3.29. The summed E-state index contributed by atoms with van der Waals surface area (Å²) >= 11 is 0. The van der Waals surface area contributed by atoms with E-state index in [0.29, 0.717) is 17.1 Å². The number of hydrogen-bond donors (Lipinski definition) is 1. The molecular weight excluding hydrogens is 276 g/mol. The Kier molecular flexibility index (Phi) is 4.39. The molecule has 1 heterocycles. The van der Waals surface area contributed by atoms with Crippen LogP contribution < -0.4 is 15.2 Å². The van der Waals surface area contributed by atoms with Gasteiger partial charge in [-0.15, -0.1) is 0 Å². The van der Waals surface area contributed by atoms with Crippen LogP contribution >= 0.6 is 0 Å². The highest BCUT2D eigenvalue weighted by atomic mass is 16.6. The molecule has 21 heavy (non-hydrogen) atoms. The molecule has 0 aliphatic heterocycles. The van der Waals surface area contributed by atoms with Crippen LogP contribution in [-0.2, 0) is 20.2 Å². The first kappa shape index (κ1) is 14.8. The Morgan fingerprint density at radius 1 is 1.43 bits per heavy atom. The molecule has 2 rings (SSSR count). The van der Waals surface area contributed by atoms with Crippen molar-refractivity contribution in [1.82, 2.24) is 9.78 Å². The first-order valence-electron chi connectivity index (χ1n) is 6.20. The lowest BCUT2D eigenvalue weighted by atomic mass is 10.1. The Balaban J connectivity index is 2.28. The molecule has 1 aromatic carbocycles. The Hall–Kier alpha value is -2.61. The largest absolute Gasteiger partial charge is 0.493 e. The molecule has 0 radical (unpaired) electrons. The number of nitrogens with two attached hydrogens (primary N) is 1. The fourth-order valence-corrected chi connectivity index (χ4v) is 1.90. The first-order valence-corrected chi connectivity index (χ1v) is 6.20. The van der Waals surface area contributed by atoms with Crippen LogP contribution in [0, 0.1) is 10.1 Å². The smallest absolute Gasteiger partial charge is 0.277 e. The summed E-state index contributed by atoms with van der Waals surface area (Å²) in [5, 5.41) is 15.1. The molecule has 0 aliphatic carbocycles. The number of nitro groups is 1. The van der Waals surface area contributed by atoms with Gasteiger partial charge in [-0.05, 0) is 6.07 Å². The van der Waals surface area contributed by atoms with Crippen molar-refractivity contribution in [3.8, 4) is 11.5 Å². The molecule has 8 heteroatoms. The van der Waals surface area contributed by atoms with Gasteiger partial charge in [0.1, 0.15) is 6.61 Å². The fraction of sp³-hybridized carbons (Fsp3) is 0.308. The minimum atomic E-state index is -0.488. The third-order valence-electron chi connectivity index (χ3n) is 2.93. The number of ether oxygens (including phenoxy) is 2. The van der Waals surface area contributed by atoms with Crippen LogP contribution in [0.3, 0.4) is 0 Å². The molecule has 0 saturated carbocycles. The van der Waals surface area contributed by atoms with E-state index in [1.807, 2.05) is 0 Å². The number of aryl methyl sites for hydroxylation is 1. The van der Waals surface area contributed by atoms with Gasteiger partial charge < -0.3 is 15.2 Å². The van der Waals surface area contributed by atoms with Crippen molar-refractivity contribution in [2.75, 3.05) is 7.11 Å². The Morgan fingerprint density at radius 3 is 2.71 bits per heavy atom. The van der Waals surface area contributed by atoms with E-state index >= 15 is 0 Å². The zero-order valence-electron chi connectivity index (χ0n) is 11.8. The van der Waals surface area contributed by atoms with Gasteiger partial charge in [0.05, 0.1) is 24.3 Å². The zero-order chi connectivity index (χ0) is 15.4. The lowest BCUT2D eigenvalue weighted by molar-refractivity contribution is -0.385. The standard InChI is InChI=1S/C13H16N4O4/c1-16-7-9(6-15-16)8-21-13-4-11(17(18)19)10(5-14)3-12(13)20-2/h3-4,6-7H,5,8,14H2,1-2H3. The highest BCUT2D eigenvalue weighted by Crippen LogP contribution is 2.35. The molecule has 0 spiro atoms. The van der Waals surface area contributed by atoms with Crippen LogP contribution in [0.2, 0.25) is 0 Å². The maximum absolute atomic E-state index is 11.1. The molecule has 0 fully saturated rings. The highest BCUT2D eigenvalue weighted by Gasteiger charge is 2.19. The molecule has 2 N–H and O–H groups in total. The highest BCUT2D eigenvalue weighted by molar-refractivity contribution is 5.54. The summed E-state index contributed by atoms with van der Waals surface area (Å²) in [4.78, 5) is 10.6. The SMILES string of the molecule is COc1cc(CN)c([N+](=O)[O-])cc1OCc1cnn(C)c1. The summed E-state index contributed by atoms with van der Waals surface area (Å²) in [6.45, 7) is 0.291. The predicted octanol–water partition coefficient (Wildman–Crippen LogP) is 1.37. The van der Waals surface area contributed by atoms with E-state index in [4.69, 9.17) is 15.2 Å². The molecule has 0 aliphatic rings. The van der Waals surface area contributed by atoms with Crippen LogP contribution in [0.25, 0.3) is 0 Å². The molecule has 0 bridgehead atoms. The quantitative estimate of drug-likeness (QED) is 0.636. The van der Waals surface area contributed by atoms with Crippen molar-refractivity contribution >= 4 is 5.69 Å². The molecule has 8 nitrogen and oxygen atoms in total. The lowest BCUT2D eigenvalue weighted by Crippen LogP contribution is -2.04. The van der Waals surface area contributed by atoms with E-state index in [9.17, 15) is 10.1 Å².